The molecular formula is C13H18N2O2S. The van der Waals surface area contributed by atoms with Gasteiger partial charge in [0.05, 0.1) is 12.7 Å². The van der Waals surface area contributed by atoms with E-state index in [0.29, 0.717) is 17.3 Å². The van der Waals surface area contributed by atoms with E-state index in [1.54, 1.807) is 6.07 Å². The maximum Gasteiger partial charge on any atom is 0.340 e. The second kappa shape index (κ2) is 5.52. The smallest absolute Gasteiger partial charge is 0.340 e. The van der Waals surface area contributed by atoms with Crippen molar-refractivity contribution in [1.29, 1.82) is 0 Å². The molecule has 18 heavy (non-hydrogen) atoms. The summed E-state index contributed by atoms with van der Waals surface area (Å²) >= 11 is 1.96. The number of hydrogen-bond donors (Lipinski definition) is 1. The number of nitrogens with two attached hydrogens (primary N) is 1. The molecule has 1 aromatic rings. The Bertz CT molecular complexity index is 451. The van der Waals surface area contributed by atoms with Crippen LogP contribution in [0.4, 0.5) is 11.4 Å². The summed E-state index contributed by atoms with van der Waals surface area (Å²) in [6, 6.07) is 6.04. The average Bonchev–Trinajstić information content (AvgIpc) is 2.39. The molecule has 2 N–H and O–H groups in total. The van der Waals surface area contributed by atoms with Crippen molar-refractivity contribution < 1.29 is 9.53 Å². The minimum Gasteiger partial charge on any atom is -0.465 e. The van der Waals surface area contributed by atoms with E-state index in [1.165, 1.54) is 7.11 Å². The van der Waals surface area contributed by atoms with Gasteiger partial charge in [0, 0.05) is 35.5 Å². The first-order chi connectivity index (χ1) is 8.63. The standard InChI is InChI=1S/C13H18N2O2S/c1-9-8-18-6-5-15(9)10-3-4-12(14)11(7-10)13(16)17-2/h3-4,7,9H,5-6,8,14H2,1-2H3. The molecule has 1 aliphatic heterocycles. The lowest BCUT2D eigenvalue weighted by Gasteiger charge is -2.35. The molecule has 0 amide bonds. The summed E-state index contributed by atoms with van der Waals surface area (Å²) < 4.78 is 4.74. The van der Waals surface area contributed by atoms with E-state index in [-0.39, 0.29) is 5.97 Å². The summed E-state index contributed by atoms with van der Waals surface area (Å²) in [7, 11) is 1.37. The molecule has 1 heterocycles. The van der Waals surface area contributed by atoms with Gasteiger partial charge in [-0.25, -0.2) is 4.79 Å². The number of nitrogens with zero attached hydrogens (tertiary/aromatic N) is 1. The molecular weight excluding hydrogens is 248 g/mol. The SMILES string of the molecule is COC(=O)c1cc(N2CCSCC2C)ccc1N. The van der Waals surface area contributed by atoms with E-state index >= 15 is 0 Å². The molecule has 0 saturated carbocycles. The summed E-state index contributed by atoms with van der Waals surface area (Å²) in [5.74, 6) is 1.84. The molecule has 0 aromatic heterocycles. The number of esters is 1. The maximum absolute atomic E-state index is 11.6. The summed E-state index contributed by atoms with van der Waals surface area (Å²) in [4.78, 5) is 13.9. The van der Waals surface area contributed by atoms with E-state index in [0.717, 1.165) is 23.7 Å². The van der Waals surface area contributed by atoms with Crippen LogP contribution in [-0.4, -0.2) is 37.2 Å². The Morgan fingerprint density at radius 2 is 2.33 bits per heavy atom. The molecule has 1 unspecified atom stereocenters. The highest BCUT2D eigenvalue weighted by Crippen LogP contribution is 2.27. The van der Waals surface area contributed by atoms with Crippen molar-refractivity contribution in [3.05, 3.63) is 23.8 Å². The first-order valence-electron chi connectivity index (χ1n) is 5.95. The van der Waals surface area contributed by atoms with Crippen LogP contribution in [0.25, 0.3) is 0 Å². The fraction of sp³-hybridized carbons (Fsp3) is 0.462. The number of methoxy groups -OCH3 is 1. The number of nitrogen functional groups attached to an aromatic ring is 1. The molecule has 0 aliphatic carbocycles. The van der Waals surface area contributed by atoms with E-state index in [9.17, 15) is 4.79 Å². The van der Waals surface area contributed by atoms with Crippen LogP contribution in [0.3, 0.4) is 0 Å². The first kappa shape index (κ1) is 13.1. The Hall–Kier alpha value is -1.36. The average molecular weight is 266 g/mol. The van der Waals surface area contributed by atoms with Crippen LogP contribution >= 0.6 is 11.8 Å². The summed E-state index contributed by atoms with van der Waals surface area (Å²) in [5, 5.41) is 0. The predicted molar refractivity (Wildman–Crippen MR) is 76.3 cm³/mol. The van der Waals surface area contributed by atoms with Crippen LogP contribution in [0.5, 0.6) is 0 Å². The van der Waals surface area contributed by atoms with Crippen LogP contribution in [-0.2, 0) is 4.74 Å². The molecule has 0 bridgehead atoms. The topological polar surface area (TPSA) is 55.6 Å². The minimum atomic E-state index is -0.381. The zero-order valence-electron chi connectivity index (χ0n) is 10.7. The Labute approximate surface area is 111 Å². The van der Waals surface area contributed by atoms with Crippen molar-refractivity contribution in [1.82, 2.24) is 0 Å². The van der Waals surface area contributed by atoms with Crippen molar-refractivity contribution in [3.8, 4) is 0 Å². The largest absolute Gasteiger partial charge is 0.465 e. The normalized spacial score (nSPS) is 19.7. The van der Waals surface area contributed by atoms with Crippen molar-refractivity contribution in [3.63, 3.8) is 0 Å². The molecule has 98 valence electrons. The number of benzene rings is 1. The number of carbonyl (C=O) groups is 1. The lowest BCUT2D eigenvalue weighted by Crippen LogP contribution is -2.40. The molecule has 0 spiro atoms. The molecule has 1 saturated heterocycles. The van der Waals surface area contributed by atoms with Gasteiger partial charge in [-0.1, -0.05) is 0 Å². The summed E-state index contributed by atoms with van der Waals surface area (Å²) in [5.41, 5.74) is 7.75. The van der Waals surface area contributed by atoms with Crippen molar-refractivity contribution >= 4 is 29.1 Å². The number of rotatable bonds is 2. The van der Waals surface area contributed by atoms with Gasteiger partial charge in [-0.2, -0.15) is 11.8 Å². The number of ether oxygens (including phenoxy) is 1. The fourth-order valence-corrected chi connectivity index (χ4v) is 3.13. The second-order valence-corrected chi connectivity index (χ2v) is 5.53. The minimum absolute atomic E-state index is 0.381. The van der Waals surface area contributed by atoms with Gasteiger partial charge in [0.15, 0.2) is 0 Å². The Kier molecular flexibility index (Phi) is 4.01. The van der Waals surface area contributed by atoms with E-state index in [4.69, 9.17) is 10.5 Å². The lowest BCUT2D eigenvalue weighted by molar-refractivity contribution is 0.0602. The van der Waals surface area contributed by atoms with Crippen LogP contribution in [0, 0.1) is 0 Å². The number of anilines is 2. The van der Waals surface area contributed by atoms with E-state index in [1.807, 2.05) is 23.9 Å². The third kappa shape index (κ3) is 2.56. The third-order valence-electron chi connectivity index (χ3n) is 3.14. The third-order valence-corrected chi connectivity index (χ3v) is 4.33. The fourth-order valence-electron chi connectivity index (χ4n) is 2.12. The number of hydrogen-bond acceptors (Lipinski definition) is 5. The molecule has 1 fully saturated rings. The molecule has 1 aromatic carbocycles. The second-order valence-electron chi connectivity index (χ2n) is 4.38. The molecule has 1 atom stereocenters. The predicted octanol–water partition coefficient (Wildman–Crippen LogP) is 2.00. The molecule has 4 nitrogen and oxygen atoms in total. The van der Waals surface area contributed by atoms with Gasteiger partial charge < -0.3 is 15.4 Å². The molecule has 0 radical (unpaired) electrons. The zero-order chi connectivity index (χ0) is 13.1. The van der Waals surface area contributed by atoms with Gasteiger partial charge in [0.2, 0.25) is 0 Å². The molecule has 5 heteroatoms. The van der Waals surface area contributed by atoms with Crippen LogP contribution in [0.15, 0.2) is 18.2 Å². The quantitative estimate of drug-likeness (QED) is 0.655. The highest BCUT2D eigenvalue weighted by Gasteiger charge is 2.20. The molecule has 2 rings (SSSR count). The lowest BCUT2D eigenvalue weighted by atomic mass is 10.1. The van der Waals surface area contributed by atoms with Crippen LogP contribution in [0.2, 0.25) is 0 Å². The van der Waals surface area contributed by atoms with Gasteiger partial charge in [0.1, 0.15) is 0 Å². The van der Waals surface area contributed by atoms with Crippen LogP contribution < -0.4 is 10.6 Å². The van der Waals surface area contributed by atoms with Crippen molar-refractivity contribution in [2.24, 2.45) is 0 Å². The van der Waals surface area contributed by atoms with Gasteiger partial charge in [0.25, 0.3) is 0 Å². The molecule has 1 aliphatic rings. The maximum atomic E-state index is 11.6. The van der Waals surface area contributed by atoms with E-state index < -0.39 is 0 Å². The van der Waals surface area contributed by atoms with E-state index in [2.05, 4.69) is 11.8 Å². The summed E-state index contributed by atoms with van der Waals surface area (Å²) in [6.07, 6.45) is 0. The Morgan fingerprint density at radius 1 is 1.56 bits per heavy atom. The number of carbonyl (C=O) groups excluding carboxylic acids is 1. The highest BCUT2D eigenvalue weighted by molar-refractivity contribution is 7.99. The Balaban J connectivity index is 2.31. The zero-order valence-corrected chi connectivity index (χ0v) is 11.5. The first-order valence-corrected chi connectivity index (χ1v) is 7.11. The highest BCUT2D eigenvalue weighted by atomic mass is 32.2. The number of thioether (sulfide) groups is 1. The summed E-state index contributed by atoms with van der Waals surface area (Å²) in [6.45, 7) is 3.19. The van der Waals surface area contributed by atoms with Gasteiger partial charge in [-0.15, -0.1) is 0 Å². The van der Waals surface area contributed by atoms with Gasteiger partial charge in [-0.05, 0) is 25.1 Å². The van der Waals surface area contributed by atoms with Crippen molar-refractivity contribution in [2.75, 3.05) is 35.8 Å². The Morgan fingerprint density at radius 3 is 3.00 bits per heavy atom. The van der Waals surface area contributed by atoms with Crippen molar-refractivity contribution in [2.45, 2.75) is 13.0 Å². The monoisotopic (exact) mass is 266 g/mol. The van der Waals surface area contributed by atoms with Crippen LogP contribution in [0.1, 0.15) is 17.3 Å². The van der Waals surface area contributed by atoms with Gasteiger partial charge in [-0.3, -0.25) is 0 Å². The van der Waals surface area contributed by atoms with Gasteiger partial charge >= 0.3 is 5.97 Å².